The maximum Gasteiger partial charge on any atom is 0.330 e. The summed E-state index contributed by atoms with van der Waals surface area (Å²) in [7, 11) is 1.18. The summed E-state index contributed by atoms with van der Waals surface area (Å²) in [4.78, 5) is 51.2. The lowest BCUT2D eigenvalue weighted by Gasteiger charge is -2.50. The Balaban J connectivity index is 2.06. The Morgan fingerprint density at radius 3 is 2.57 bits per heavy atom. The van der Waals surface area contributed by atoms with E-state index in [1.807, 2.05) is 0 Å². The molecule has 2 fully saturated rings. The number of cyclic esters (lactones) is 1. The summed E-state index contributed by atoms with van der Waals surface area (Å²) in [6.07, 6.45) is 3.18. The molecule has 4 bridgehead atoms. The molecule has 6 atom stereocenters. The molecule has 1 saturated carbocycles. The number of carbonyl (C=O) groups excluding carboxylic acids is 4. The molecule has 12 nitrogen and oxygen atoms in total. The summed E-state index contributed by atoms with van der Waals surface area (Å²) in [5.74, 6) is -3.75. The Hall–Kier alpha value is -2.64. The van der Waals surface area contributed by atoms with Crippen LogP contribution >= 0.6 is 0 Å². The topological polar surface area (TPSA) is 164 Å². The Morgan fingerprint density at radius 2 is 1.88 bits per heavy atom. The third-order valence-electron chi connectivity index (χ3n) is 7.99. The van der Waals surface area contributed by atoms with Gasteiger partial charge >= 0.3 is 17.9 Å². The average molecular weight is 597 g/mol. The number of rotatable bonds is 3. The van der Waals surface area contributed by atoms with E-state index in [4.69, 9.17) is 28.4 Å². The Labute approximate surface area is 246 Å². The van der Waals surface area contributed by atoms with Gasteiger partial charge in [-0.15, -0.1) is 0 Å². The smallest absolute Gasteiger partial charge is 0.330 e. The van der Waals surface area contributed by atoms with Gasteiger partial charge in [0.15, 0.2) is 23.8 Å². The van der Waals surface area contributed by atoms with Gasteiger partial charge in [0.2, 0.25) is 0 Å². The highest BCUT2D eigenvalue weighted by atomic mass is 16.7. The maximum absolute atomic E-state index is 14.2. The molecule has 0 aromatic heterocycles. The van der Waals surface area contributed by atoms with E-state index in [9.17, 15) is 29.4 Å². The van der Waals surface area contributed by atoms with Crippen molar-refractivity contribution in [2.45, 2.75) is 95.9 Å². The van der Waals surface area contributed by atoms with Crippen LogP contribution in [0.15, 0.2) is 23.8 Å². The molecular formula is C30H44O12. The number of aliphatic hydroxyl groups is 2. The van der Waals surface area contributed by atoms with E-state index in [2.05, 4.69) is 0 Å². The van der Waals surface area contributed by atoms with Crippen molar-refractivity contribution in [2.24, 2.45) is 11.3 Å². The van der Waals surface area contributed by atoms with Gasteiger partial charge in [0.25, 0.3) is 0 Å². The van der Waals surface area contributed by atoms with Crippen LogP contribution in [0.25, 0.3) is 0 Å². The van der Waals surface area contributed by atoms with E-state index in [0.717, 1.165) is 13.0 Å². The fourth-order valence-electron chi connectivity index (χ4n) is 5.60. The van der Waals surface area contributed by atoms with Crippen LogP contribution in [0.5, 0.6) is 0 Å². The summed E-state index contributed by atoms with van der Waals surface area (Å²) in [5.41, 5.74) is -3.61. The van der Waals surface area contributed by atoms with Crippen molar-refractivity contribution < 1.29 is 57.8 Å². The van der Waals surface area contributed by atoms with Crippen molar-refractivity contribution >= 4 is 23.7 Å². The molecule has 1 saturated heterocycles. The third kappa shape index (κ3) is 8.47. The van der Waals surface area contributed by atoms with Crippen molar-refractivity contribution in [2.75, 3.05) is 33.5 Å². The Kier molecular flexibility index (Phi) is 12.2. The first-order chi connectivity index (χ1) is 19.9. The van der Waals surface area contributed by atoms with Crippen molar-refractivity contribution in [1.29, 1.82) is 0 Å². The summed E-state index contributed by atoms with van der Waals surface area (Å²) in [5, 5.41) is 22.3. The minimum atomic E-state index is -2.37. The summed E-state index contributed by atoms with van der Waals surface area (Å²) in [6, 6.07) is 0. The Bertz CT molecular complexity index is 1030. The maximum atomic E-state index is 14.2. The lowest BCUT2D eigenvalue weighted by Crippen LogP contribution is -2.65. The Morgan fingerprint density at radius 1 is 1.14 bits per heavy atom. The molecule has 0 aromatic carbocycles. The predicted molar refractivity (Wildman–Crippen MR) is 147 cm³/mol. The van der Waals surface area contributed by atoms with Crippen molar-refractivity contribution in [3.05, 3.63) is 23.8 Å². The first-order valence-electron chi connectivity index (χ1n) is 14.5. The highest BCUT2D eigenvalue weighted by molar-refractivity contribution is 5.95. The zero-order valence-electron chi connectivity index (χ0n) is 24.9. The van der Waals surface area contributed by atoms with Crippen molar-refractivity contribution in [3.8, 4) is 0 Å². The molecule has 2 heterocycles. The minimum absolute atomic E-state index is 0.101. The molecular weight excluding hydrogens is 552 g/mol. The molecule has 12 heteroatoms. The number of hydrogen-bond donors (Lipinski definition) is 2. The fraction of sp³-hybridized carbons (Fsp3) is 0.733. The predicted octanol–water partition coefficient (Wildman–Crippen LogP) is 1.94. The monoisotopic (exact) mass is 596 g/mol. The van der Waals surface area contributed by atoms with E-state index in [1.165, 1.54) is 7.11 Å². The number of fused-ring (bicyclic) bond motifs is 4. The number of Topliss-reactive ketones (excluding diaryl/α,β-unsaturated/α-hetero) is 1. The number of esters is 3. The van der Waals surface area contributed by atoms with Crippen LogP contribution in [0, 0.1) is 11.3 Å². The van der Waals surface area contributed by atoms with Gasteiger partial charge in [0.05, 0.1) is 26.4 Å². The fourth-order valence-corrected chi connectivity index (χ4v) is 5.60. The molecule has 3 rings (SSSR count). The third-order valence-corrected chi connectivity index (χ3v) is 7.99. The van der Waals surface area contributed by atoms with Gasteiger partial charge < -0.3 is 38.6 Å². The molecule has 0 spiro atoms. The average Bonchev–Trinajstić information content (AvgIpc) is 2.95. The van der Waals surface area contributed by atoms with Gasteiger partial charge in [-0.1, -0.05) is 19.9 Å². The standard InChI is InChI=1S/C30H44O12/c1-19(32)40-28-21(17-25(34)37-4)15-20-16-23(18-31)41-24(33)7-5-6-12-38-13-9-22-10-14-39-26(42-22)8-11-29(2,3)30(28,36)27(20)35/h8,11,17,20,22-23,26,28,31,36H,5-7,9-10,12-16,18H2,1-4H3/b11-8+,21-17?/t20?,22-,23-,26+,28+,30+/m1/s1. The van der Waals surface area contributed by atoms with E-state index in [-0.39, 0.29) is 30.9 Å². The van der Waals surface area contributed by atoms with Crippen molar-refractivity contribution in [1.82, 2.24) is 0 Å². The molecule has 0 amide bonds. The number of carbonyl (C=O) groups is 4. The normalized spacial score (nSPS) is 35.0. The first-order valence-corrected chi connectivity index (χ1v) is 14.5. The number of ether oxygens (including phenoxy) is 6. The highest BCUT2D eigenvalue weighted by Gasteiger charge is 2.61. The quantitative estimate of drug-likeness (QED) is 0.211. The van der Waals surface area contributed by atoms with Gasteiger partial charge in [0, 0.05) is 44.0 Å². The summed E-state index contributed by atoms with van der Waals surface area (Å²) >= 11 is 0. The molecule has 42 heavy (non-hydrogen) atoms. The van der Waals surface area contributed by atoms with Crippen LogP contribution < -0.4 is 0 Å². The molecule has 1 unspecified atom stereocenters. The van der Waals surface area contributed by atoms with Crippen LogP contribution in [0.3, 0.4) is 0 Å². The molecule has 2 aliphatic heterocycles. The second kappa shape index (κ2) is 15.2. The van der Waals surface area contributed by atoms with Crippen molar-refractivity contribution in [3.63, 3.8) is 0 Å². The molecule has 3 aliphatic rings. The lowest BCUT2D eigenvalue weighted by molar-refractivity contribution is -0.194. The summed E-state index contributed by atoms with van der Waals surface area (Å²) < 4.78 is 33.3. The zero-order valence-corrected chi connectivity index (χ0v) is 24.9. The van der Waals surface area contributed by atoms with Crippen LogP contribution in [0.4, 0.5) is 0 Å². The van der Waals surface area contributed by atoms with Gasteiger partial charge in [-0.3, -0.25) is 14.4 Å². The van der Waals surface area contributed by atoms with Gasteiger partial charge in [-0.05, 0) is 50.2 Å². The minimum Gasteiger partial charge on any atom is -0.466 e. The SMILES string of the molecule is COC(=O)C=C1CC2C[C@H](CO)OC(=O)CCCCOCC[C@@H]3CCO[C@H](/C=C/C(C)(C)[C@](O)(C2=O)[C@H]1OC(C)=O)O3. The zero-order chi connectivity index (χ0) is 30.9. The van der Waals surface area contributed by atoms with Crippen LogP contribution in [0.1, 0.15) is 65.7 Å². The molecule has 1 aliphatic carbocycles. The molecule has 236 valence electrons. The molecule has 2 N–H and O–H groups in total. The van der Waals surface area contributed by atoms with Gasteiger partial charge in [-0.2, -0.15) is 0 Å². The highest BCUT2D eigenvalue weighted by Crippen LogP contribution is 2.48. The number of aliphatic hydroxyl groups excluding tert-OH is 1. The second-order valence-corrected chi connectivity index (χ2v) is 11.5. The van der Waals surface area contributed by atoms with Crippen LogP contribution in [0.2, 0.25) is 0 Å². The van der Waals surface area contributed by atoms with E-state index >= 15 is 0 Å². The van der Waals surface area contributed by atoms with Gasteiger partial charge in [0.1, 0.15) is 6.10 Å². The van der Waals surface area contributed by atoms with E-state index < -0.39 is 65.7 Å². The van der Waals surface area contributed by atoms with E-state index in [0.29, 0.717) is 45.5 Å². The number of ketones is 1. The second-order valence-electron chi connectivity index (χ2n) is 11.5. The first kappa shape index (κ1) is 33.9. The molecule has 0 radical (unpaired) electrons. The number of methoxy groups -OCH3 is 1. The number of hydrogen-bond acceptors (Lipinski definition) is 12. The van der Waals surface area contributed by atoms with Crippen LogP contribution in [-0.4, -0.2) is 97.6 Å². The van der Waals surface area contributed by atoms with E-state index in [1.54, 1.807) is 26.0 Å². The van der Waals surface area contributed by atoms with Crippen LogP contribution in [-0.2, 0) is 47.6 Å². The summed E-state index contributed by atoms with van der Waals surface area (Å²) in [6.45, 7) is 5.17. The largest absolute Gasteiger partial charge is 0.466 e. The lowest BCUT2D eigenvalue weighted by atomic mass is 9.59. The molecule has 0 aromatic rings. The van der Waals surface area contributed by atoms with Gasteiger partial charge in [-0.25, -0.2) is 4.79 Å².